The van der Waals surface area contributed by atoms with Gasteiger partial charge in [-0.2, -0.15) is 0 Å². The Bertz CT molecular complexity index is 604. The lowest BCUT2D eigenvalue weighted by atomic mass is 10.0. The van der Waals surface area contributed by atoms with Crippen molar-refractivity contribution in [1.82, 2.24) is 0 Å². The van der Waals surface area contributed by atoms with E-state index in [0.29, 0.717) is 21.9 Å². The molecule has 0 radical (unpaired) electrons. The Morgan fingerprint density at radius 1 is 1.16 bits per heavy atom. The third kappa shape index (κ3) is 3.22. The van der Waals surface area contributed by atoms with Gasteiger partial charge in [-0.3, -0.25) is 0 Å². The molecule has 0 aliphatic carbocycles. The Hall–Kier alpha value is -0.770. The standard InChI is InChI=1S/C14H10BrCl2FO/c1-19-13-5-2-8(15)6-11(13)14(17)10-4-3-9(16)7-12(10)18/h2-7,14H,1H3. The predicted octanol–water partition coefficient (Wildman–Crippen LogP) is 5.58. The Labute approximate surface area is 129 Å². The van der Waals surface area contributed by atoms with Crippen LogP contribution in [0.2, 0.25) is 5.02 Å². The molecule has 0 aromatic heterocycles. The molecule has 0 fully saturated rings. The molecule has 0 spiro atoms. The number of hydrogen-bond donors (Lipinski definition) is 0. The molecule has 5 heteroatoms. The summed E-state index contributed by atoms with van der Waals surface area (Å²) in [7, 11) is 1.55. The van der Waals surface area contributed by atoms with E-state index < -0.39 is 11.2 Å². The fourth-order valence-corrected chi connectivity index (χ4v) is 2.66. The number of rotatable bonds is 3. The summed E-state index contributed by atoms with van der Waals surface area (Å²) in [6.07, 6.45) is 0. The molecule has 0 N–H and O–H groups in total. The van der Waals surface area contributed by atoms with Gasteiger partial charge in [0.1, 0.15) is 11.6 Å². The molecular weight excluding hydrogens is 354 g/mol. The predicted molar refractivity (Wildman–Crippen MR) is 79.8 cm³/mol. The van der Waals surface area contributed by atoms with E-state index in [1.165, 1.54) is 6.07 Å². The first-order valence-corrected chi connectivity index (χ1v) is 7.06. The van der Waals surface area contributed by atoms with Crippen molar-refractivity contribution in [2.45, 2.75) is 5.38 Å². The topological polar surface area (TPSA) is 9.23 Å². The maximum Gasteiger partial charge on any atom is 0.129 e. The summed E-state index contributed by atoms with van der Waals surface area (Å²) in [5.41, 5.74) is 1.06. The average molecular weight is 364 g/mol. The van der Waals surface area contributed by atoms with Crippen LogP contribution in [0, 0.1) is 5.82 Å². The highest BCUT2D eigenvalue weighted by molar-refractivity contribution is 9.10. The first-order chi connectivity index (χ1) is 9.02. The number of methoxy groups -OCH3 is 1. The molecule has 0 amide bonds. The minimum Gasteiger partial charge on any atom is -0.496 e. The van der Waals surface area contributed by atoms with E-state index in [1.807, 2.05) is 12.1 Å². The van der Waals surface area contributed by atoms with Crippen molar-refractivity contribution in [1.29, 1.82) is 0 Å². The Kier molecular flexibility index (Phi) is 4.71. The zero-order chi connectivity index (χ0) is 14.0. The van der Waals surface area contributed by atoms with E-state index in [-0.39, 0.29) is 0 Å². The van der Waals surface area contributed by atoms with Crippen LogP contribution < -0.4 is 4.74 Å². The van der Waals surface area contributed by atoms with E-state index in [9.17, 15) is 4.39 Å². The van der Waals surface area contributed by atoms with Crippen LogP contribution in [0.3, 0.4) is 0 Å². The second-order valence-corrected chi connectivity index (χ2v) is 5.70. The second-order valence-electron chi connectivity index (χ2n) is 3.91. The summed E-state index contributed by atoms with van der Waals surface area (Å²) in [6.45, 7) is 0. The molecule has 2 aromatic carbocycles. The smallest absolute Gasteiger partial charge is 0.129 e. The molecule has 0 saturated carbocycles. The van der Waals surface area contributed by atoms with Crippen LogP contribution >= 0.6 is 39.1 Å². The number of halogens is 4. The van der Waals surface area contributed by atoms with E-state index >= 15 is 0 Å². The normalized spacial score (nSPS) is 12.3. The highest BCUT2D eigenvalue weighted by Crippen LogP contribution is 2.38. The summed E-state index contributed by atoms with van der Waals surface area (Å²) in [4.78, 5) is 0. The van der Waals surface area contributed by atoms with Gasteiger partial charge in [-0.25, -0.2) is 4.39 Å². The fraction of sp³-hybridized carbons (Fsp3) is 0.143. The lowest BCUT2D eigenvalue weighted by Gasteiger charge is -2.15. The fourth-order valence-electron chi connectivity index (χ4n) is 1.78. The van der Waals surface area contributed by atoms with Crippen molar-refractivity contribution in [3.05, 3.63) is 62.8 Å². The maximum absolute atomic E-state index is 13.9. The molecule has 19 heavy (non-hydrogen) atoms. The van der Waals surface area contributed by atoms with Crippen LogP contribution in [-0.4, -0.2) is 7.11 Å². The van der Waals surface area contributed by atoms with E-state index in [1.54, 1.807) is 25.3 Å². The van der Waals surface area contributed by atoms with Gasteiger partial charge in [-0.15, -0.1) is 11.6 Å². The van der Waals surface area contributed by atoms with Crippen LogP contribution in [-0.2, 0) is 0 Å². The Balaban J connectivity index is 2.49. The number of hydrogen-bond acceptors (Lipinski definition) is 1. The molecule has 0 saturated heterocycles. The van der Waals surface area contributed by atoms with Gasteiger partial charge in [0, 0.05) is 20.6 Å². The van der Waals surface area contributed by atoms with Crippen LogP contribution in [0.4, 0.5) is 4.39 Å². The Morgan fingerprint density at radius 2 is 1.89 bits per heavy atom. The largest absolute Gasteiger partial charge is 0.496 e. The van der Waals surface area contributed by atoms with E-state index in [4.69, 9.17) is 27.9 Å². The Morgan fingerprint density at radius 3 is 2.53 bits per heavy atom. The van der Waals surface area contributed by atoms with Crippen molar-refractivity contribution >= 4 is 39.1 Å². The lowest BCUT2D eigenvalue weighted by Crippen LogP contribution is -2.00. The van der Waals surface area contributed by atoms with Gasteiger partial charge >= 0.3 is 0 Å². The van der Waals surface area contributed by atoms with Gasteiger partial charge in [0.2, 0.25) is 0 Å². The van der Waals surface area contributed by atoms with Crippen LogP contribution in [0.25, 0.3) is 0 Å². The van der Waals surface area contributed by atoms with Crippen molar-refractivity contribution in [3.8, 4) is 5.75 Å². The van der Waals surface area contributed by atoms with Gasteiger partial charge in [0.15, 0.2) is 0 Å². The molecule has 0 aliphatic heterocycles. The van der Waals surface area contributed by atoms with Crippen LogP contribution in [0.1, 0.15) is 16.5 Å². The summed E-state index contributed by atoms with van der Waals surface area (Å²) < 4.78 is 20.0. The molecule has 0 bridgehead atoms. The SMILES string of the molecule is COc1ccc(Br)cc1C(Cl)c1ccc(Cl)cc1F. The molecule has 1 atom stereocenters. The van der Waals surface area contributed by atoms with Crippen LogP contribution in [0.5, 0.6) is 5.75 Å². The van der Waals surface area contributed by atoms with E-state index in [0.717, 1.165) is 4.47 Å². The highest BCUT2D eigenvalue weighted by atomic mass is 79.9. The van der Waals surface area contributed by atoms with Gasteiger partial charge in [-0.05, 0) is 30.3 Å². The monoisotopic (exact) mass is 362 g/mol. The minimum absolute atomic E-state index is 0.339. The average Bonchev–Trinajstić information content (AvgIpc) is 2.38. The van der Waals surface area contributed by atoms with E-state index in [2.05, 4.69) is 15.9 Å². The molecule has 0 aliphatic rings. The number of alkyl halides is 1. The zero-order valence-corrected chi connectivity index (χ0v) is 13.1. The molecular formula is C14H10BrCl2FO. The molecule has 1 nitrogen and oxygen atoms in total. The van der Waals surface area contributed by atoms with Gasteiger partial charge < -0.3 is 4.74 Å². The maximum atomic E-state index is 13.9. The zero-order valence-electron chi connectivity index (χ0n) is 9.96. The third-order valence-electron chi connectivity index (χ3n) is 2.70. The lowest BCUT2D eigenvalue weighted by molar-refractivity contribution is 0.410. The first kappa shape index (κ1) is 14.6. The second kappa shape index (κ2) is 6.12. The van der Waals surface area contributed by atoms with Crippen molar-refractivity contribution in [3.63, 3.8) is 0 Å². The number of benzene rings is 2. The molecule has 1 unspecified atom stereocenters. The summed E-state index contributed by atoms with van der Waals surface area (Å²) in [6, 6.07) is 9.86. The molecule has 2 aromatic rings. The van der Waals surface area contributed by atoms with Crippen molar-refractivity contribution in [2.24, 2.45) is 0 Å². The third-order valence-corrected chi connectivity index (χ3v) is 3.90. The van der Waals surface area contributed by atoms with Crippen molar-refractivity contribution in [2.75, 3.05) is 7.11 Å². The summed E-state index contributed by atoms with van der Waals surface area (Å²) in [5, 5.41) is -0.309. The van der Waals surface area contributed by atoms with Crippen LogP contribution in [0.15, 0.2) is 40.9 Å². The molecule has 2 rings (SSSR count). The number of ether oxygens (including phenoxy) is 1. The summed E-state index contributed by atoms with van der Waals surface area (Å²) >= 11 is 15.5. The summed E-state index contributed by atoms with van der Waals surface area (Å²) in [5.74, 6) is 0.173. The quantitative estimate of drug-likeness (QED) is 0.647. The minimum atomic E-state index is -0.648. The van der Waals surface area contributed by atoms with Crippen molar-refractivity contribution < 1.29 is 9.13 Å². The van der Waals surface area contributed by atoms with Gasteiger partial charge in [-0.1, -0.05) is 33.6 Å². The molecule has 0 heterocycles. The van der Waals surface area contributed by atoms with Gasteiger partial charge in [0.05, 0.1) is 12.5 Å². The highest BCUT2D eigenvalue weighted by Gasteiger charge is 2.19. The first-order valence-electron chi connectivity index (χ1n) is 5.45. The van der Waals surface area contributed by atoms with Gasteiger partial charge in [0.25, 0.3) is 0 Å². The molecule has 100 valence electrons.